The van der Waals surface area contributed by atoms with E-state index in [4.69, 9.17) is 24.7 Å². The highest BCUT2D eigenvalue weighted by Crippen LogP contribution is 2.61. The van der Waals surface area contributed by atoms with Gasteiger partial charge in [0.15, 0.2) is 0 Å². The summed E-state index contributed by atoms with van der Waals surface area (Å²) in [6.45, 7) is 0. The lowest BCUT2D eigenvalue weighted by Crippen LogP contribution is -2.64. The third-order valence-electron chi connectivity index (χ3n) is 7.25. The molecule has 4 bridgehead atoms. The molecule has 0 amide bonds. The van der Waals surface area contributed by atoms with Crippen molar-refractivity contribution in [3.63, 3.8) is 0 Å². The second kappa shape index (κ2) is 5.40. The summed E-state index contributed by atoms with van der Waals surface area (Å²) in [5.74, 6) is 0.342. The van der Waals surface area contributed by atoms with Crippen LogP contribution < -0.4 is 0 Å². The number of hydrogen-bond acceptors (Lipinski definition) is 5. The molecular formula is C18H26O6. The highest BCUT2D eigenvalue weighted by atomic mass is 17.4. The van der Waals surface area contributed by atoms with Gasteiger partial charge in [-0.25, -0.2) is 0 Å². The van der Waals surface area contributed by atoms with E-state index in [0.29, 0.717) is 24.7 Å². The van der Waals surface area contributed by atoms with Gasteiger partial charge in [0, 0.05) is 31.1 Å². The molecule has 0 aromatic heterocycles. The van der Waals surface area contributed by atoms with Crippen LogP contribution in [0.15, 0.2) is 0 Å². The molecule has 1 heterocycles. The van der Waals surface area contributed by atoms with Crippen LogP contribution in [0.4, 0.5) is 0 Å². The molecule has 0 aromatic carbocycles. The van der Waals surface area contributed by atoms with E-state index in [9.17, 15) is 4.79 Å². The summed E-state index contributed by atoms with van der Waals surface area (Å²) in [7, 11) is 0. The van der Waals surface area contributed by atoms with E-state index in [-0.39, 0.29) is 12.3 Å². The first kappa shape index (κ1) is 15.6. The van der Waals surface area contributed by atoms with E-state index >= 15 is 0 Å². The summed E-state index contributed by atoms with van der Waals surface area (Å²) in [6, 6.07) is 0. The van der Waals surface area contributed by atoms with E-state index in [2.05, 4.69) is 0 Å². The smallest absolute Gasteiger partial charge is 0.303 e. The Hall–Kier alpha value is -0.690. The second-order valence-electron chi connectivity index (χ2n) is 8.81. The molecule has 2 spiro atoms. The quantitative estimate of drug-likeness (QED) is 0.778. The van der Waals surface area contributed by atoms with Crippen LogP contribution in [-0.4, -0.2) is 22.7 Å². The topological polar surface area (TPSA) is 74.2 Å². The Kier molecular flexibility index (Phi) is 3.50. The van der Waals surface area contributed by atoms with Crippen LogP contribution in [0.25, 0.3) is 0 Å². The number of carboxylic acids is 1. The van der Waals surface area contributed by atoms with Gasteiger partial charge in [-0.15, -0.1) is 0 Å². The van der Waals surface area contributed by atoms with Gasteiger partial charge in [-0.05, 0) is 62.7 Å². The molecule has 6 rings (SSSR count). The van der Waals surface area contributed by atoms with Crippen molar-refractivity contribution in [2.75, 3.05) is 0 Å². The van der Waals surface area contributed by atoms with E-state index < -0.39 is 17.5 Å². The van der Waals surface area contributed by atoms with Crippen LogP contribution in [0.1, 0.15) is 64.2 Å². The number of rotatable bonds is 2. The Bertz CT molecular complexity index is 484. The fraction of sp³-hybridized carbons (Fsp3) is 0.944. The molecule has 1 N–H and O–H groups in total. The Morgan fingerprint density at radius 1 is 0.875 bits per heavy atom. The van der Waals surface area contributed by atoms with Gasteiger partial charge < -0.3 is 5.11 Å². The van der Waals surface area contributed by atoms with Gasteiger partial charge in [-0.1, -0.05) is 0 Å². The van der Waals surface area contributed by atoms with Crippen molar-refractivity contribution >= 4 is 5.97 Å². The summed E-state index contributed by atoms with van der Waals surface area (Å²) in [5, 5.41) is 8.94. The summed E-state index contributed by atoms with van der Waals surface area (Å²) in [5.41, 5.74) is 0. The molecule has 1 saturated heterocycles. The molecule has 1 aliphatic heterocycles. The number of aliphatic carboxylic acids is 1. The third kappa shape index (κ3) is 2.34. The zero-order valence-electron chi connectivity index (χ0n) is 13.9. The van der Waals surface area contributed by atoms with Gasteiger partial charge in [-0.3, -0.25) is 4.79 Å². The predicted octanol–water partition coefficient (Wildman–Crippen LogP) is 3.41. The highest BCUT2D eigenvalue weighted by molar-refractivity contribution is 5.67. The minimum Gasteiger partial charge on any atom is -0.481 e. The molecule has 6 nitrogen and oxygen atoms in total. The van der Waals surface area contributed by atoms with Crippen molar-refractivity contribution in [2.24, 2.45) is 29.6 Å². The Balaban J connectivity index is 1.24. The van der Waals surface area contributed by atoms with Gasteiger partial charge in [-0.2, -0.15) is 19.6 Å². The van der Waals surface area contributed by atoms with Crippen LogP contribution in [-0.2, 0) is 24.3 Å². The average molecular weight is 338 g/mol. The van der Waals surface area contributed by atoms with E-state index in [1.807, 2.05) is 0 Å². The van der Waals surface area contributed by atoms with Crippen LogP contribution in [0.2, 0.25) is 0 Å². The standard InChI is InChI=1S/C18H26O6/c19-16(20)10-11-1-3-17(4-2-11)21-23-18(24-22-17)14-6-12-5-13(8-14)9-15(18)7-12/h11-15H,1-10H2,(H,19,20). The summed E-state index contributed by atoms with van der Waals surface area (Å²) >= 11 is 0. The molecule has 6 heteroatoms. The first-order valence-corrected chi connectivity index (χ1v) is 9.52. The van der Waals surface area contributed by atoms with Gasteiger partial charge in [0.1, 0.15) is 0 Å². The molecule has 134 valence electrons. The van der Waals surface area contributed by atoms with Crippen molar-refractivity contribution < 1.29 is 29.5 Å². The molecule has 5 aliphatic carbocycles. The largest absolute Gasteiger partial charge is 0.481 e. The zero-order valence-corrected chi connectivity index (χ0v) is 13.9. The van der Waals surface area contributed by atoms with Crippen molar-refractivity contribution in [3.05, 3.63) is 0 Å². The molecule has 0 unspecified atom stereocenters. The van der Waals surface area contributed by atoms with Crippen molar-refractivity contribution in [1.29, 1.82) is 0 Å². The highest BCUT2D eigenvalue weighted by Gasteiger charge is 2.64. The lowest BCUT2D eigenvalue weighted by molar-refractivity contribution is -0.680. The van der Waals surface area contributed by atoms with E-state index in [1.54, 1.807) is 0 Å². The molecule has 0 aromatic rings. The summed E-state index contributed by atoms with van der Waals surface area (Å²) in [4.78, 5) is 34.5. The first-order chi connectivity index (χ1) is 11.6. The average Bonchev–Trinajstić information content (AvgIpc) is 2.56. The fourth-order valence-corrected chi connectivity index (χ4v) is 6.16. The third-order valence-corrected chi connectivity index (χ3v) is 7.25. The maximum Gasteiger partial charge on any atom is 0.303 e. The number of carboxylic acid groups (broad SMARTS) is 1. The van der Waals surface area contributed by atoms with Crippen LogP contribution in [0.5, 0.6) is 0 Å². The molecule has 24 heavy (non-hydrogen) atoms. The Morgan fingerprint density at radius 3 is 1.92 bits per heavy atom. The first-order valence-electron chi connectivity index (χ1n) is 9.52. The van der Waals surface area contributed by atoms with Gasteiger partial charge >= 0.3 is 5.97 Å². The Labute approximate surface area is 141 Å². The van der Waals surface area contributed by atoms with Gasteiger partial charge in [0.25, 0.3) is 0 Å². The van der Waals surface area contributed by atoms with Crippen molar-refractivity contribution in [1.82, 2.24) is 0 Å². The lowest BCUT2D eigenvalue weighted by Gasteiger charge is -2.60. The molecule has 6 fully saturated rings. The van der Waals surface area contributed by atoms with E-state index in [0.717, 1.165) is 50.4 Å². The van der Waals surface area contributed by atoms with Crippen molar-refractivity contribution in [2.45, 2.75) is 75.8 Å². The van der Waals surface area contributed by atoms with Crippen LogP contribution in [0.3, 0.4) is 0 Å². The SMILES string of the molecule is O=C(O)CC1CCC2(CC1)OOC1(OO2)C2CC3CC(C2)CC1C3. The second-order valence-corrected chi connectivity index (χ2v) is 8.81. The number of carbonyl (C=O) groups is 1. The van der Waals surface area contributed by atoms with E-state index in [1.165, 1.54) is 6.42 Å². The summed E-state index contributed by atoms with van der Waals surface area (Å²) < 4.78 is 0. The number of hydrogen-bond donors (Lipinski definition) is 1. The molecule has 0 radical (unpaired) electrons. The minimum atomic E-state index is -0.838. The van der Waals surface area contributed by atoms with Crippen LogP contribution in [0, 0.1) is 29.6 Å². The minimum absolute atomic E-state index is 0.192. The monoisotopic (exact) mass is 338 g/mol. The Morgan fingerprint density at radius 2 is 1.42 bits per heavy atom. The van der Waals surface area contributed by atoms with Gasteiger partial charge in [0.2, 0.25) is 11.6 Å². The van der Waals surface area contributed by atoms with Crippen LogP contribution >= 0.6 is 0 Å². The maximum absolute atomic E-state index is 10.9. The zero-order chi connectivity index (χ0) is 16.4. The van der Waals surface area contributed by atoms with Crippen molar-refractivity contribution in [3.8, 4) is 0 Å². The fourth-order valence-electron chi connectivity index (χ4n) is 6.16. The summed E-state index contributed by atoms with van der Waals surface area (Å²) in [6.07, 6.45) is 9.02. The molecule has 0 atom stereocenters. The molecule has 5 saturated carbocycles. The molecule has 6 aliphatic rings. The normalized spacial score (nSPS) is 52.9. The molecular weight excluding hydrogens is 312 g/mol. The maximum atomic E-state index is 10.9. The lowest BCUT2D eigenvalue weighted by atomic mass is 9.53. The predicted molar refractivity (Wildman–Crippen MR) is 81.1 cm³/mol. The van der Waals surface area contributed by atoms with Gasteiger partial charge in [0.05, 0.1) is 0 Å².